The van der Waals surface area contributed by atoms with Crippen LogP contribution in [-0.4, -0.2) is 19.9 Å². The van der Waals surface area contributed by atoms with Gasteiger partial charge in [0, 0.05) is 0 Å². The molecule has 2 rings (SSSR count). The fourth-order valence-corrected chi connectivity index (χ4v) is 2.13. The lowest BCUT2D eigenvalue weighted by molar-refractivity contribution is 0.460. The first-order valence-electron chi connectivity index (χ1n) is 2.28. The van der Waals surface area contributed by atoms with Crippen LogP contribution in [0, 0.1) is 0 Å². The standard InChI is InChI=1S/C4H4O3S/c5-8(6)1-3-4(2-8)7-3/h1-2H2. The summed E-state index contributed by atoms with van der Waals surface area (Å²) in [4.78, 5) is 0. The minimum atomic E-state index is -2.74. The first-order chi connectivity index (χ1) is 3.67. The molecule has 0 bridgehead atoms. The van der Waals surface area contributed by atoms with Crippen molar-refractivity contribution in [1.29, 1.82) is 0 Å². The summed E-state index contributed by atoms with van der Waals surface area (Å²) in [5, 5.41) is 0. The Bertz CT molecular complexity index is 239. The molecule has 0 amide bonds. The highest BCUT2D eigenvalue weighted by Gasteiger charge is 2.40. The van der Waals surface area contributed by atoms with Crippen molar-refractivity contribution in [2.45, 2.75) is 0 Å². The van der Waals surface area contributed by atoms with Gasteiger partial charge >= 0.3 is 0 Å². The number of rotatable bonds is 0. The molecule has 0 aromatic rings. The zero-order valence-electron chi connectivity index (χ0n) is 4.05. The largest absolute Gasteiger partial charge is 0.457 e. The van der Waals surface area contributed by atoms with Crippen molar-refractivity contribution in [2.75, 3.05) is 11.5 Å². The minimum Gasteiger partial charge on any atom is -0.457 e. The van der Waals surface area contributed by atoms with Crippen molar-refractivity contribution in [2.24, 2.45) is 0 Å². The fourth-order valence-electron chi connectivity index (χ4n) is 0.794. The molecule has 2 heterocycles. The molecule has 0 aromatic heterocycles. The molecule has 0 spiro atoms. The molecule has 0 aliphatic carbocycles. The van der Waals surface area contributed by atoms with Crippen LogP contribution in [0.5, 0.6) is 0 Å². The van der Waals surface area contributed by atoms with Gasteiger partial charge in [0.05, 0.1) is 0 Å². The van der Waals surface area contributed by atoms with E-state index in [9.17, 15) is 8.42 Å². The molecule has 0 fully saturated rings. The first kappa shape index (κ1) is 4.38. The average Bonchev–Trinajstić information content (AvgIpc) is 2.11. The molecule has 0 unspecified atom stereocenters. The lowest BCUT2D eigenvalue weighted by Gasteiger charge is -1.92. The van der Waals surface area contributed by atoms with E-state index in [1.807, 2.05) is 0 Å². The Morgan fingerprint density at radius 1 is 1.25 bits per heavy atom. The molecule has 0 N–H and O–H groups in total. The number of hydrogen-bond donors (Lipinski definition) is 0. The van der Waals surface area contributed by atoms with Gasteiger partial charge in [0.1, 0.15) is 11.5 Å². The third-order valence-corrected chi connectivity index (χ3v) is 2.62. The monoisotopic (exact) mass is 132 g/mol. The lowest BCUT2D eigenvalue weighted by Crippen LogP contribution is -2.07. The van der Waals surface area contributed by atoms with Gasteiger partial charge in [-0.05, 0) is 0 Å². The molecule has 8 heavy (non-hydrogen) atoms. The zero-order chi connectivity index (χ0) is 5.78. The maximum atomic E-state index is 10.5. The highest BCUT2D eigenvalue weighted by molar-refractivity contribution is 7.92. The molecule has 0 saturated heterocycles. The molecule has 2 aliphatic rings. The van der Waals surface area contributed by atoms with Gasteiger partial charge in [-0.3, -0.25) is 0 Å². The Morgan fingerprint density at radius 2 is 1.75 bits per heavy atom. The maximum absolute atomic E-state index is 10.5. The van der Waals surface area contributed by atoms with Crippen molar-refractivity contribution in [3.05, 3.63) is 11.5 Å². The van der Waals surface area contributed by atoms with Gasteiger partial charge in [-0.15, -0.1) is 0 Å². The average molecular weight is 132 g/mol. The molecule has 3 nitrogen and oxygen atoms in total. The second-order valence-corrected chi connectivity index (χ2v) is 4.05. The van der Waals surface area contributed by atoms with Gasteiger partial charge in [-0.25, -0.2) is 8.42 Å². The normalized spacial score (nSPS) is 29.5. The Morgan fingerprint density at radius 3 is 2.00 bits per heavy atom. The second-order valence-electron chi connectivity index (χ2n) is 1.98. The van der Waals surface area contributed by atoms with Crippen molar-refractivity contribution >= 4 is 9.84 Å². The van der Waals surface area contributed by atoms with Crippen molar-refractivity contribution in [3.63, 3.8) is 0 Å². The van der Waals surface area contributed by atoms with Crippen LogP contribution in [0.25, 0.3) is 0 Å². The Balaban J connectivity index is 2.40. The van der Waals surface area contributed by atoms with E-state index in [0.717, 1.165) is 0 Å². The summed E-state index contributed by atoms with van der Waals surface area (Å²) in [6, 6.07) is 0. The van der Waals surface area contributed by atoms with Gasteiger partial charge in [0.2, 0.25) is 0 Å². The third kappa shape index (κ3) is 0.461. The van der Waals surface area contributed by atoms with Crippen LogP contribution in [-0.2, 0) is 14.6 Å². The van der Waals surface area contributed by atoms with E-state index >= 15 is 0 Å². The second kappa shape index (κ2) is 0.932. The fraction of sp³-hybridized carbons (Fsp3) is 0.500. The number of hydrogen-bond acceptors (Lipinski definition) is 3. The summed E-state index contributed by atoms with van der Waals surface area (Å²) in [6.45, 7) is 0. The molecular formula is C4H4O3S. The molecule has 0 aromatic carbocycles. The van der Waals surface area contributed by atoms with Crippen molar-refractivity contribution in [1.82, 2.24) is 0 Å². The van der Waals surface area contributed by atoms with E-state index in [4.69, 9.17) is 4.74 Å². The molecule has 44 valence electrons. The van der Waals surface area contributed by atoms with Crippen LogP contribution in [0.15, 0.2) is 11.5 Å². The van der Waals surface area contributed by atoms with Gasteiger partial charge in [0.25, 0.3) is 0 Å². The van der Waals surface area contributed by atoms with Crippen LogP contribution in [0.1, 0.15) is 0 Å². The van der Waals surface area contributed by atoms with Crippen LogP contribution in [0.2, 0.25) is 0 Å². The molecule has 0 atom stereocenters. The highest BCUT2D eigenvalue weighted by atomic mass is 32.2. The molecular weight excluding hydrogens is 128 g/mol. The predicted octanol–water partition coefficient (Wildman–Crippen LogP) is -0.343. The summed E-state index contributed by atoms with van der Waals surface area (Å²) >= 11 is 0. The Labute approximate surface area is 46.9 Å². The van der Waals surface area contributed by atoms with Gasteiger partial charge < -0.3 is 4.74 Å². The van der Waals surface area contributed by atoms with E-state index < -0.39 is 9.84 Å². The first-order valence-corrected chi connectivity index (χ1v) is 4.10. The lowest BCUT2D eigenvalue weighted by atomic mass is 10.6. The van der Waals surface area contributed by atoms with Crippen LogP contribution in [0.4, 0.5) is 0 Å². The smallest absolute Gasteiger partial charge is 0.165 e. The van der Waals surface area contributed by atoms with Crippen LogP contribution < -0.4 is 0 Å². The van der Waals surface area contributed by atoms with E-state index in [0.29, 0.717) is 11.5 Å². The van der Waals surface area contributed by atoms with Gasteiger partial charge in [0.15, 0.2) is 21.4 Å². The van der Waals surface area contributed by atoms with Crippen molar-refractivity contribution < 1.29 is 13.2 Å². The summed E-state index contributed by atoms with van der Waals surface area (Å²) in [6.07, 6.45) is 0. The van der Waals surface area contributed by atoms with Crippen LogP contribution in [0.3, 0.4) is 0 Å². The van der Waals surface area contributed by atoms with E-state index in [-0.39, 0.29) is 11.5 Å². The van der Waals surface area contributed by atoms with Gasteiger partial charge in [-0.2, -0.15) is 0 Å². The minimum absolute atomic E-state index is 0.141. The van der Waals surface area contributed by atoms with Crippen molar-refractivity contribution in [3.8, 4) is 0 Å². The SMILES string of the molecule is O=S1(=O)CC2=C(C1)O2. The highest BCUT2D eigenvalue weighted by Crippen LogP contribution is 2.35. The topological polar surface area (TPSA) is 46.7 Å². The Hall–Kier alpha value is -0.510. The van der Waals surface area contributed by atoms with Gasteiger partial charge in [-0.1, -0.05) is 0 Å². The van der Waals surface area contributed by atoms with E-state index in [2.05, 4.69) is 0 Å². The predicted molar refractivity (Wildman–Crippen MR) is 26.8 cm³/mol. The quantitative estimate of drug-likeness (QED) is 0.453. The summed E-state index contributed by atoms with van der Waals surface area (Å²) in [7, 11) is -2.74. The molecule has 4 heteroatoms. The van der Waals surface area contributed by atoms with E-state index in [1.165, 1.54) is 0 Å². The summed E-state index contributed by atoms with van der Waals surface area (Å²) in [5.41, 5.74) is 0. The Kier molecular flexibility index (Phi) is 0.510. The molecule has 0 saturated carbocycles. The van der Waals surface area contributed by atoms with E-state index in [1.54, 1.807) is 0 Å². The summed E-state index contributed by atoms with van der Waals surface area (Å²) < 4.78 is 25.8. The summed E-state index contributed by atoms with van der Waals surface area (Å²) in [5.74, 6) is 1.65. The number of sulfone groups is 1. The third-order valence-electron chi connectivity index (χ3n) is 1.22. The zero-order valence-corrected chi connectivity index (χ0v) is 4.86. The van der Waals surface area contributed by atoms with Crippen LogP contribution >= 0.6 is 0 Å². The maximum Gasteiger partial charge on any atom is 0.165 e. The number of ether oxygens (including phenoxy) is 1. The molecule has 2 aliphatic heterocycles. The molecule has 0 radical (unpaired) electrons.